The molecular weight excluding hydrogens is 324 g/mol. The Balaban J connectivity index is 2.66. The Labute approximate surface area is 128 Å². The highest BCUT2D eigenvalue weighted by molar-refractivity contribution is 9.10. The van der Waals surface area contributed by atoms with Crippen molar-refractivity contribution >= 4 is 27.7 Å². The predicted octanol–water partition coefficient (Wildman–Crippen LogP) is 3.36. The average Bonchev–Trinajstić information content (AvgIpc) is 2.43. The fraction of sp³-hybridized carbons (Fsp3) is 0.571. The lowest BCUT2D eigenvalue weighted by Gasteiger charge is -2.19. The summed E-state index contributed by atoms with van der Waals surface area (Å²) in [4.78, 5) is 0. The highest BCUT2D eigenvalue weighted by Crippen LogP contribution is 2.25. The minimum atomic E-state index is 0.252. The van der Waals surface area contributed by atoms with Crippen LogP contribution >= 0.6 is 27.7 Å². The average molecular weight is 347 g/mol. The summed E-state index contributed by atoms with van der Waals surface area (Å²) in [5.41, 5.74) is 4.08. The fourth-order valence-corrected chi connectivity index (χ4v) is 3.16. The summed E-state index contributed by atoms with van der Waals surface area (Å²) in [6.45, 7) is 4.46. The lowest BCUT2D eigenvalue weighted by atomic mass is 10.1. The van der Waals surface area contributed by atoms with E-state index in [0.717, 1.165) is 22.4 Å². The van der Waals surface area contributed by atoms with Crippen LogP contribution in [0.4, 0.5) is 0 Å². The minimum Gasteiger partial charge on any atom is -0.496 e. The highest BCUT2D eigenvalue weighted by Gasteiger charge is 2.13. The lowest BCUT2D eigenvalue weighted by molar-refractivity contribution is 0.406. The predicted molar refractivity (Wildman–Crippen MR) is 87.7 cm³/mol. The zero-order valence-electron chi connectivity index (χ0n) is 11.8. The molecule has 1 aromatic carbocycles. The number of hydrogen-bond donors (Lipinski definition) is 2. The third kappa shape index (κ3) is 5.73. The summed E-state index contributed by atoms with van der Waals surface area (Å²) < 4.78 is 6.46. The Morgan fingerprint density at radius 3 is 2.79 bits per heavy atom. The molecule has 3 nitrogen and oxygen atoms in total. The largest absolute Gasteiger partial charge is 0.496 e. The number of methoxy groups -OCH3 is 1. The summed E-state index contributed by atoms with van der Waals surface area (Å²) in [5, 5.41) is 0.667. The topological polar surface area (TPSA) is 47.3 Å². The van der Waals surface area contributed by atoms with Gasteiger partial charge in [-0.05, 0) is 36.6 Å². The number of thioether (sulfide) groups is 1. The summed E-state index contributed by atoms with van der Waals surface area (Å²) in [7, 11) is 1.70. The van der Waals surface area contributed by atoms with Crippen LogP contribution in [0.5, 0.6) is 5.75 Å². The number of halogens is 1. The third-order valence-electron chi connectivity index (χ3n) is 3.10. The minimum absolute atomic E-state index is 0.252. The maximum atomic E-state index is 5.66. The van der Waals surface area contributed by atoms with Crippen LogP contribution in [0.15, 0.2) is 22.7 Å². The van der Waals surface area contributed by atoms with Crippen molar-refractivity contribution in [1.82, 2.24) is 5.43 Å². The Hall–Kier alpha value is -0.230. The number of ether oxygens (including phenoxy) is 1. The van der Waals surface area contributed by atoms with Crippen LogP contribution in [0.3, 0.4) is 0 Å². The van der Waals surface area contributed by atoms with E-state index in [1.807, 2.05) is 23.9 Å². The standard InChI is InChI=1S/C14H23BrN2OS/c1-4-10(2)19-9-13(17-16)8-11-7-12(15)5-6-14(11)18-3/h5-7,10,13,17H,4,8-9,16H2,1-3H3. The summed E-state index contributed by atoms with van der Waals surface area (Å²) in [6.07, 6.45) is 2.05. The number of hydrogen-bond acceptors (Lipinski definition) is 4. The van der Waals surface area contributed by atoms with E-state index >= 15 is 0 Å². The zero-order chi connectivity index (χ0) is 14.3. The molecule has 0 aliphatic carbocycles. The summed E-state index contributed by atoms with van der Waals surface area (Å²) in [6, 6.07) is 6.31. The van der Waals surface area contributed by atoms with Gasteiger partial charge in [0.1, 0.15) is 5.75 Å². The van der Waals surface area contributed by atoms with Gasteiger partial charge < -0.3 is 4.74 Å². The van der Waals surface area contributed by atoms with E-state index < -0.39 is 0 Å². The molecule has 2 atom stereocenters. The van der Waals surface area contributed by atoms with E-state index in [9.17, 15) is 0 Å². The molecule has 19 heavy (non-hydrogen) atoms. The molecule has 0 radical (unpaired) electrons. The molecule has 0 saturated heterocycles. The molecule has 0 saturated carbocycles. The van der Waals surface area contributed by atoms with E-state index in [-0.39, 0.29) is 6.04 Å². The van der Waals surface area contributed by atoms with Gasteiger partial charge in [-0.15, -0.1) is 0 Å². The van der Waals surface area contributed by atoms with Crippen molar-refractivity contribution < 1.29 is 4.74 Å². The van der Waals surface area contributed by atoms with Gasteiger partial charge in [-0.2, -0.15) is 11.8 Å². The Kier molecular flexibility index (Phi) is 7.83. The first-order valence-corrected chi connectivity index (χ1v) is 8.35. The van der Waals surface area contributed by atoms with Gasteiger partial charge in [-0.25, -0.2) is 0 Å². The van der Waals surface area contributed by atoms with Gasteiger partial charge in [0.25, 0.3) is 0 Å². The smallest absolute Gasteiger partial charge is 0.122 e. The summed E-state index contributed by atoms with van der Waals surface area (Å²) >= 11 is 5.45. The number of nitrogens with two attached hydrogens (primary N) is 1. The van der Waals surface area contributed by atoms with Crippen molar-refractivity contribution in [3.8, 4) is 5.75 Å². The van der Waals surface area contributed by atoms with Crippen LogP contribution < -0.4 is 16.0 Å². The van der Waals surface area contributed by atoms with E-state index in [1.165, 1.54) is 12.0 Å². The van der Waals surface area contributed by atoms with Crippen molar-refractivity contribution in [2.24, 2.45) is 5.84 Å². The number of benzene rings is 1. The second kappa shape index (κ2) is 8.84. The van der Waals surface area contributed by atoms with Crippen molar-refractivity contribution in [1.29, 1.82) is 0 Å². The fourth-order valence-electron chi connectivity index (χ4n) is 1.74. The summed E-state index contributed by atoms with van der Waals surface area (Å²) in [5.74, 6) is 7.58. The van der Waals surface area contributed by atoms with E-state index in [1.54, 1.807) is 7.11 Å². The number of rotatable bonds is 8. The van der Waals surface area contributed by atoms with Gasteiger partial charge >= 0.3 is 0 Å². The van der Waals surface area contributed by atoms with Crippen molar-refractivity contribution in [2.75, 3.05) is 12.9 Å². The van der Waals surface area contributed by atoms with Gasteiger partial charge in [-0.1, -0.05) is 29.8 Å². The molecule has 108 valence electrons. The van der Waals surface area contributed by atoms with Crippen LogP contribution in [-0.2, 0) is 6.42 Å². The molecule has 1 rings (SSSR count). The number of hydrazine groups is 1. The van der Waals surface area contributed by atoms with Gasteiger partial charge in [0.05, 0.1) is 7.11 Å². The second-order valence-corrected chi connectivity index (χ2v) is 6.96. The highest BCUT2D eigenvalue weighted by atomic mass is 79.9. The molecule has 0 fully saturated rings. The first-order chi connectivity index (χ1) is 9.10. The lowest BCUT2D eigenvalue weighted by Crippen LogP contribution is -2.39. The number of nitrogens with one attached hydrogen (secondary N) is 1. The SMILES string of the molecule is CCC(C)SCC(Cc1cc(Br)ccc1OC)NN. The first kappa shape index (κ1) is 16.8. The molecule has 0 aliphatic heterocycles. The second-order valence-electron chi connectivity index (χ2n) is 4.58. The van der Waals surface area contributed by atoms with Crippen LogP contribution in [0.25, 0.3) is 0 Å². The Morgan fingerprint density at radius 2 is 2.21 bits per heavy atom. The van der Waals surface area contributed by atoms with Crippen LogP contribution in [0.2, 0.25) is 0 Å². The molecule has 0 aliphatic rings. The molecule has 0 aromatic heterocycles. The molecule has 0 bridgehead atoms. The van der Waals surface area contributed by atoms with Crippen LogP contribution in [0, 0.1) is 0 Å². The molecule has 3 N–H and O–H groups in total. The Bertz CT molecular complexity index is 390. The van der Waals surface area contributed by atoms with Crippen molar-refractivity contribution in [3.63, 3.8) is 0 Å². The van der Waals surface area contributed by atoms with Crippen LogP contribution in [0.1, 0.15) is 25.8 Å². The Morgan fingerprint density at radius 1 is 1.47 bits per heavy atom. The van der Waals surface area contributed by atoms with Gasteiger partial charge in [-0.3, -0.25) is 11.3 Å². The monoisotopic (exact) mass is 346 g/mol. The first-order valence-electron chi connectivity index (χ1n) is 6.50. The molecule has 1 aromatic rings. The normalized spacial score (nSPS) is 14.2. The zero-order valence-corrected chi connectivity index (χ0v) is 14.2. The molecular formula is C14H23BrN2OS. The maximum absolute atomic E-state index is 5.66. The van der Waals surface area contributed by atoms with Gasteiger partial charge in [0.15, 0.2) is 0 Å². The molecule has 0 heterocycles. The van der Waals surface area contributed by atoms with Gasteiger partial charge in [0.2, 0.25) is 0 Å². The van der Waals surface area contributed by atoms with E-state index in [2.05, 4.69) is 41.3 Å². The van der Waals surface area contributed by atoms with E-state index in [4.69, 9.17) is 10.6 Å². The van der Waals surface area contributed by atoms with Gasteiger partial charge in [0, 0.05) is 21.5 Å². The van der Waals surface area contributed by atoms with Crippen molar-refractivity contribution in [2.45, 2.75) is 38.0 Å². The molecule has 2 unspecified atom stereocenters. The molecule has 5 heteroatoms. The molecule has 0 spiro atoms. The van der Waals surface area contributed by atoms with Crippen LogP contribution in [-0.4, -0.2) is 24.2 Å². The third-order valence-corrected chi connectivity index (χ3v) is 5.09. The quantitative estimate of drug-likeness (QED) is 0.559. The maximum Gasteiger partial charge on any atom is 0.122 e. The van der Waals surface area contributed by atoms with E-state index in [0.29, 0.717) is 5.25 Å². The van der Waals surface area contributed by atoms with Crippen molar-refractivity contribution in [3.05, 3.63) is 28.2 Å². The molecule has 0 amide bonds.